The van der Waals surface area contributed by atoms with Crippen LogP contribution in [0.25, 0.3) is 22.3 Å². The summed E-state index contributed by atoms with van der Waals surface area (Å²) in [6.07, 6.45) is 1.99. The lowest BCUT2D eigenvalue weighted by Crippen LogP contribution is -2.31. The number of benzene rings is 2. The summed E-state index contributed by atoms with van der Waals surface area (Å²) in [4.78, 5) is 16.3. The molecule has 1 aromatic heterocycles. The molecule has 31 heavy (non-hydrogen) atoms. The van der Waals surface area contributed by atoms with Crippen molar-refractivity contribution < 1.29 is 17.6 Å². The second-order valence-corrected chi connectivity index (χ2v) is 10.2. The molecule has 8 heteroatoms. The van der Waals surface area contributed by atoms with Gasteiger partial charge >= 0.3 is 0 Å². The molecule has 0 radical (unpaired) electrons. The van der Waals surface area contributed by atoms with Crippen molar-refractivity contribution in [1.29, 1.82) is 0 Å². The van der Waals surface area contributed by atoms with Crippen LogP contribution in [0.5, 0.6) is 0 Å². The summed E-state index contributed by atoms with van der Waals surface area (Å²) < 4.78 is 40.2. The van der Waals surface area contributed by atoms with E-state index < -0.39 is 20.9 Å². The number of halogens is 1. The van der Waals surface area contributed by atoms with E-state index in [-0.39, 0.29) is 27.7 Å². The predicted molar refractivity (Wildman–Crippen MR) is 118 cm³/mol. The van der Waals surface area contributed by atoms with E-state index in [1.807, 2.05) is 0 Å². The number of nitrogen functional groups attached to an aromatic ring is 1. The second kappa shape index (κ2) is 7.77. The summed E-state index contributed by atoms with van der Waals surface area (Å²) in [6.45, 7) is 3.75. The predicted octanol–water partition coefficient (Wildman–Crippen LogP) is 3.60. The van der Waals surface area contributed by atoms with Crippen molar-refractivity contribution in [2.24, 2.45) is 0 Å². The molecular formula is C23H22FN3O3S. The Kier molecular flexibility index (Phi) is 5.26. The van der Waals surface area contributed by atoms with Crippen LogP contribution in [0.2, 0.25) is 0 Å². The molecule has 0 saturated heterocycles. The van der Waals surface area contributed by atoms with Crippen LogP contribution in [0.15, 0.2) is 53.6 Å². The summed E-state index contributed by atoms with van der Waals surface area (Å²) in [5.74, 6) is -0.655. The first-order valence-corrected chi connectivity index (χ1v) is 11.4. The Bertz CT molecular complexity index is 1290. The number of rotatable bonds is 4. The van der Waals surface area contributed by atoms with Gasteiger partial charge in [-0.3, -0.25) is 4.79 Å². The van der Waals surface area contributed by atoms with Gasteiger partial charge in [-0.1, -0.05) is 24.3 Å². The van der Waals surface area contributed by atoms with Gasteiger partial charge in [0, 0.05) is 23.9 Å². The largest absolute Gasteiger partial charge is 0.383 e. The number of pyridine rings is 1. The van der Waals surface area contributed by atoms with Crippen molar-refractivity contribution in [3.63, 3.8) is 0 Å². The van der Waals surface area contributed by atoms with E-state index in [2.05, 4.69) is 10.3 Å². The number of aromatic nitrogens is 1. The van der Waals surface area contributed by atoms with Crippen molar-refractivity contribution in [2.45, 2.75) is 30.4 Å². The molecular weight excluding hydrogens is 417 g/mol. The number of hydrogen-bond donors (Lipinski definition) is 2. The number of carbonyl (C=O) groups is 1. The number of hydrogen-bond acceptors (Lipinski definition) is 5. The zero-order valence-electron chi connectivity index (χ0n) is 17.1. The number of carbonyl (C=O) groups excluding carboxylic acids is 1. The van der Waals surface area contributed by atoms with Crippen LogP contribution in [0.4, 0.5) is 10.2 Å². The number of nitrogens with zero attached hydrogens (tertiary/aromatic N) is 1. The van der Waals surface area contributed by atoms with Gasteiger partial charge in [0.15, 0.2) is 9.84 Å². The van der Waals surface area contributed by atoms with E-state index in [9.17, 15) is 13.2 Å². The van der Waals surface area contributed by atoms with Gasteiger partial charge in [0.05, 0.1) is 15.7 Å². The van der Waals surface area contributed by atoms with Gasteiger partial charge in [0.1, 0.15) is 11.6 Å². The number of fused-ring (bicyclic) bond motifs is 1. The van der Waals surface area contributed by atoms with Crippen LogP contribution in [0, 0.1) is 5.82 Å². The van der Waals surface area contributed by atoms with Crippen molar-refractivity contribution in [3.05, 3.63) is 65.6 Å². The van der Waals surface area contributed by atoms with Gasteiger partial charge in [-0.15, -0.1) is 0 Å². The summed E-state index contributed by atoms with van der Waals surface area (Å²) in [6, 6.07) is 11.2. The zero-order chi connectivity index (χ0) is 22.3. The molecule has 0 saturated carbocycles. The van der Waals surface area contributed by atoms with Gasteiger partial charge in [0.25, 0.3) is 5.91 Å². The maximum atomic E-state index is 15.6. The molecule has 0 unspecified atom stereocenters. The smallest absolute Gasteiger partial charge is 0.251 e. The topological polar surface area (TPSA) is 102 Å². The highest BCUT2D eigenvalue weighted by atomic mass is 32.2. The Morgan fingerprint density at radius 2 is 1.74 bits per heavy atom. The molecule has 0 fully saturated rings. The van der Waals surface area contributed by atoms with Crippen LogP contribution in [-0.4, -0.2) is 31.1 Å². The highest BCUT2D eigenvalue weighted by Gasteiger charge is 2.22. The molecule has 1 aliphatic heterocycles. The Labute approximate surface area is 180 Å². The van der Waals surface area contributed by atoms with Crippen LogP contribution in [0.1, 0.15) is 29.8 Å². The molecule has 4 rings (SSSR count). The molecule has 1 amide bonds. The monoisotopic (exact) mass is 439 g/mol. The van der Waals surface area contributed by atoms with Crippen LogP contribution >= 0.6 is 0 Å². The third-order valence-electron chi connectivity index (χ3n) is 5.48. The first kappa shape index (κ1) is 21.0. The molecule has 0 spiro atoms. The summed E-state index contributed by atoms with van der Waals surface area (Å²) in [7, 11) is -3.42. The lowest BCUT2D eigenvalue weighted by Gasteiger charge is -2.18. The third kappa shape index (κ3) is 3.67. The normalized spacial score (nSPS) is 13.7. The Morgan fingerprint density at radius 1 is 1.06 bits per heavy atom. The average molecular weight is 440 g/mol. The van der Waals surface area contributed by atoms with Gasteiger partial charge in [-0.2, -0.15) is 0 Å². The molecule has 2 aromatic carbocycles. The molecule has 3 N–H and O–H groups in total. The first-order chi connectivity index (χ1) is 14.7. The lowest BCUT2D eigenvalue weighted by molar-refractivity contribution is 0.0946. The van der Waals surface area contributed by atoms with E-state index in [0.29, 0.717) is 29.7 Å². The van der Waals surface area contributed by atoms with Gasteiger partial charge < -0.3 is 11.1 Å². The second-order valence-electron chi connectivity index (χ2n) is 7.74. The van der Waals surface area contributed by atoms with E-state index >= 15 is 4.39 Å². The molecule has 0 aliphatic carbocycles. The maximum absolute atomic E-state index is 15.6. The number of nitrogens with two attached hydrogens (primary N) is 1. The van der Waals surface area contributed by atoms with E-state index in [4.69, 9.17) is 5.73 Å². The van der Waals surface area contributed by atoms with Gasteiger partial charge in [-0.25, -0.2) is 17.8 Å². The minimum atomic E-state index is -3.42. The number of amides is 1. The lowest BCUT2D eigenvalue weighted by atomic mass is 9.93. The zero-order valence-corrected chi connectivity index (χ0v) is 18.0. The minimum Gasteiger partial charge on any atom is -0.383 e. The standard InChI is InChI=1S/C23H22FN3O3S/c1-13(2)31(29,30)17-6-3-14(4-7-17)19-12-27-22(25)20(21(19)24)16-5-8-18-15(11-16)9-10-26-23(18)28/h3-8,11-13H,9-10H2,1-2H3,(H2,25,27)(H,26,28). The van der Waals surface area contributed by atoms with Gasteiger partial charge in [-0.05, 0) is 55.2 Å². The molecule has 3 aromatic rings. The van der Waals surface area contributed by atoms with E-state index in [1.165, 1.54) is 18.3 Å². The maximum Gasteiger partial charge on any atom is 0.251 e. The fourth-order valence-corrected chi connectivity index (χ4v) is 4.72. The highest BCUT2D eigenvalue weighted by Crippen LogP contribution is 2.35. The molecule has 2 heterocycles. The highest BCUT2D eigenvalue weighted by molar-refractivity contribution is 7.92. The molecule has 1 aliphatic rings. The summed E-state index contributed by atoms with van der Waals surface area (Å²) in [5, 5.41) is 2.23. The fourth-order valence-electron chi connectivity index (χ4n) is 3.66. The van der Waals surface area contributed by atoms with Crippen LogP contribution in [-0.2, 0) is 16.3 Å². The van der Waals surface area contributed by atoms with Crippen molar-refractivity contribution in [2.75, 3.05) is 12.3 Å². The molecule has 6 nitrogen and oxygen atoms in total. The Balaban J connectivity index is 1.78. The first-order valence-electron chi connectivity index (χ1n) is 9.90. The summed E-state index contributed by atoms with van der Waals surface area (Å²) in [5.41, 5.74) is 8.81. The number of sulfone groups is 1. The van der Waals surface area contributed by atoms with Crippen LogP contribution in [0.3, 0.4) is 0 Å². The SMILES string of the molecule is CC(C)S(=O)(=O)c1ccc(-c2cnc(N)c(-c3ccc4c(c3)CCNC4=O)c2F)cc1. The van der Waals surface area contributed by atoms with Crippen molar-refractivity contribution >= 4 is 21.6 Å². The Morgan fingerprint density at radius 3 is 2.42 bits per heavy atom. The summed E-state index contributed by atoms with van der Waals surface area (Å²) >= 11 is 0. The number of nitrogens with one attached hydrogen (secondary N) is 1. The molecule has 160 valence electrons. The minimum absolute atomic E-state index is 0.0421. The third-order valence-corrected chi connectivity index (χ3v) is 7.65. The van der Waals surface area contributed by atoms with Gasteiger partial charge in [0.2, 0.25) is 0 Å². The van der Waals surface area contributed by atoms with Crippen molar-refractivity contribution in [1.82, 2.24) is 10.3 Å². The van der Waals surface area contributed by atoms with Crippen molar-refractivity contribution in [3.8, 4) is 22.3 Å². The molecule has 0 atom stereocenters. The quantitative estimate of drug-likeness (QED) is 0.647. The molecule has 0 bridgehead atoms. The van der Waals surface area contributed by atoms with Crippen LogP contribution < -0.4 is 11.1 Å². The Hall–Kier alpha value is -3.26. The van der Waals surface area contributed by atoms with E-state index in [0.717, 1.165) is 5.56 Å². The fraction of sp³-hybridized carbons (Fsp3) is 0.217. The number of anilines is 1. The van der Waals surface area contributed by atoms with E-state index in [1.54, 1.807) is 44.2 Å². The average Bonchev–Trinajstić information content (AvgIpc) is 2.74.